The summed E-state index contributed by atoms with van der Waals surface area (Å²) in [6.45, 7) is 4.85. The normalized spacial score (nSPS) is 11.4. The largest absolute Gasteiger partial charge is 0.504 e. The fourth-order valence-corrected chi connectivity index (χ4v) is 3.30. The minimum absolute atomic E-state index is 0.168. The Balaban J connectivity index is 1.66. The van der Waals surface area contributed by atoms with Crippen LogP contribution in [0.1, 0.15) is 22.4 Å². The second-order valence-electron chi connectivity index (χ2n) is 6.82. The number of anilines is 1. The summed E-state index contributed by atoms with van der Waals surface area (Å²) >= 11 is 0. The topological polar surface area (TPSA) is 95.6 Å². The van der Waals surface area contributed by atoms with E-state index in [-0.39, 0.29) is 11.5 Å². The SMILES string of the molecule is Cc1c(C)n(Cc2ccccc2)c2ncnc(N/N=C/c3ccc(O)c(O)c3)c12. The molecule has 2 heterocycles. The molecule has 0 aliphatic rings. The molecule has 4 aromatic rings. The van der Waals surface area contributed by atoms with Crippen molar-refractivity contribution in [2.24, 2.45) is 5.10 Å². The van der Waals surface area contributed by atoms with Gasteiger partial charge in [0.2, 0.25) is 0 Å². The number of aromatic nitrogens is 3. The molecule has 4 rings (SSSR count). The van der Waals surface area contributed by atoms with Crippen LogP contribution in [0.25, 0.3) is 11.0 Å². The molecule has 0 fully saturated rings. The Labute approximate surface area is 168 Å². The molecule has 7 nitrogen and oxygen atoms in total. The molecule has 0 spiro atoms. The van der Waals surface area contributed by atoms with Gasteiger partial charge in [-0.3, -0.25) is 5.43 Å². The fourth-order valence-electron chi connectivity index (χ4n) is 3.30. The van der Waals surface area contributed by atoms with Gasteiger partial charge in [-0.15, -0.1) is 0 Å². The average molecular weight is 387 g/mol. The predicted molar refractivity (Wildman–Crippen MR) is 114 cm³/mol. The lowest BCUT2D eigenvalue weighted by molar-refractivity contribution is 0.403. The number of hydrogen-bond acceptors (Lipinski definition) is 6. The van der Waals surface area contributed by atoms with Crippen molar-refractivity contribution in [2.75, 3.05) is 5.43 Å². The van der Waals surface area contributed by atoms with E-state index in [1.807, 2.05) is 18.2 Å². The predicted octanol–water partition coefficient (Wildman–Crippen LogP) is 3.95. The third-order valence-corrected chi connectivity index (χ3v) is 4.97. The zero-order chi connectivity index (χ0) is 20.4. The second-order valence-corrected chi connectivity index (χ2v) is 6.82. The number of aryl methyl sites for hydroxylation is 1. The van der Waals surface area contributed by atoms with Gasteiger partial charge in [0.1, 0.15) is 12.0 Å². The van der Waals surface area contributed by atoms with Gasteiger partial charge in [-0.1, -0.05) is 30.3 Å². The van der Waals surface area contributed by atoms with Crippen LogP contribution in [-0.4, -0.2) is 31.0 Å². The molecular weight excluding hydrogens is 366 g/mol. The van der Waals surface area contributed by atoms with Gasteiger partial charge < -0.3 is 14.8 Å². The Kier molecular flexibility index (Phi) is 4.87. The average Bonchev–Trinajstić information content (AvgIpc) is 2.97. The first-order valence-electron chi connectivity index (χ1n) is 9.20. The summed E-state index contributed by atoms with van der Waals surface area (Å²) in [6, 6.07) is 14.8. The molecule has 0 atom stereocenters. The van der Waals surface area contributed by atoms with Crippen molar-refractivity contribution in [1.82, 2.24) is 14.5 Å². The highest BCUT2D eigenvalue weighted by molar-refractivity contribution is 5.92. The first-order valence-corrected chi connectivity index (χ1v) is 9.20. The third-order valence-electron chi connectivity index (χ3n) is 4.97. The number of aromatic hydroxyl groups is 2. The van der Waals surface area contributed by atoms with Crippen LogP contribution >= 0.6 is 0 Å². The van der Waals surface area contributed by atoms with Crippen molar-refractivity contribution < 1.29 is 10.2 Å². The minimum Gasteiger partial charge on any atom is -0.504 e. The zero-order valence-corrected chi connectivity index (χ0v) is 16.2. The van der Waals surface area contributed by atoms with Crippen LogP contribution < -0.4 is 5.43 Å². The molecule has 0 radical (unpaired) electrons. The lowest BCUT2D eigenvalue weighted by atomic mass is 10.2. The van der Waals surface area contributed by atoms with E-state index in [1.165, 1.54) is 24.0 Å². The van der Waals surface area contributed by atoms with E-state index in [0.717, 1.165) is 28.8 Å². The van der Waals surface area contributed by atoms with Crippen molar-refractivity contribution in [2.45, 2.75) is 20.4 Å². The molecule has 7 heteroatoms. The summed E-state index contributed by atoms with van der Waals surface area (Å²) in [5, 5.41) is 24.1. The number of nitrogens with one attached hydrogen (secondary N) is 1. The Bertz CT molecular complexity index is 1200. The summed E-state index contributed by atoms with van der Waals surface area (Å²) in [4.78, 5) is 8.86. The van der Waals surface area contributed by atoms with Gasteiger partial charge in [-0.25, -0.2) is 9.97 Å². The molecule has 0 unspecified atom stereocenters. The van der Waals surface area contributed by atoms with Crippen LogP contribution in [0.15, 0.2) is 60.0 Å². The van der Waals surface area contributed by atoms with Gasteiger partial charge in [0.25, 0.3) is 0 Å². The molecule has 0 aliphatic carbocycles. The van der Waals surface area contributed by atoms with Gasteiger partial charge in [-0.2, -0.15) is 5.10 Å². The molecule has 0 bridgehead atoms. The maximum absolute atomic E-state index is 9.59. The van der Waals surface area contributed by atoms with Crippen molar-refractivity contribution in [3.8, 4) is 11.5 Å². The van der Waals surface area contributed by atoms with E-state index < -0.39 is 0 Å². The highest BCUT2D eigenvalue weighted by Gasteiger charge is 2.16. The van der Waals surface area contributed by atoms with Crippen molar-refractivity contribution in [3.63, 3.8) is 0 Å². The Morgan fingerprint density at radius 1 is 1.03 bits per heavy atom. The van der Waals surface area contributed by atoms with E-state index >= 15 is 0 Å². The molecule has 0 amide bonds. The second kappa shape index (κ2) is 7.63. The number of benzene rings is 2. The standard InChI is InChI=1S/C22H21N5O2/c1-14-15(2)27(12-16-6-4-3-5-7-16)22-20(14)21(23-13-24-22)26-25-11-17-8-9-18(28)19(29)10-17/h3-11,13,28-29H,12H2,1-2H3,(H,23,24,26)/b25-11+. The summed E-state index contributed by atoms with van der Waals surface area (Å²) < 4.78 is 2.18. The number of rotatable bonds is 5. The third kappa shape index (κ3) is 3.62. The van der Waals surface area contributed by atoms with Crippen LogP contribution in [0, 0.1) is 13.8 Å². The van der Waals surface area contributed by atoms with Gasteiger partial charge in [0.05, 0.1) is 11.6 Å². The summed E-state index contributed by atoms with van der Waals surface area (Å²) in [5.41, 5.74) is 7.89. The highest BCUT2D eigenvalue weighted by Crippen LogP contribution is 2.29. The zero-order valence-electron chi connectivity index (χ0n) is 16.2. The lowest BCUT2D eigenvalue weighted by Gasteiger charge is -2.08. The van der Waals surface area contributed by atoms with E-state index in [4.69, 9.17) is 0 Å². The number of fused-ring (bicyclic) bond motifs is 1. The Hall–Kier alpha value is -3.87. The quantitative estimate of drug-likeness (QED) is 0.274. The van der Waals surface area contributed by atoms with Gasteiger partial charge in [-0.05, 0) is 48.7 Å². The Morgan fingerprint density at radius 2 is 1.83 bits per heavy atom. The fraction of sp³-hybridized carbons (Fsp3) is 0.136. The van der Waals surface area contributed by atoms with E-state index in [1.54, 1.807) is 12.3 Å². The summed E-state index contributed by atoms with van der Waals surface area (Å²) in [7, 11) is 0. The molecule has 0 saturated heterocycles. The van der Waals surface area contributed by atoms with Gasteiger partial charge >= 0.3 is 0 Å². The molecule has 0 aliphatic heterocycles. The highest BCUT2D eigenvalue weighted by atomic mass is 16.3. The first kappa shape index (κ1) is 18.5. The number of phenols is 2. The van der Waals surface area contributed by atoms with E-state index in [9.17, 15) is 10.2 Å². The van der Waals surface area contributed by atoms with Crippen molar-refractivity contribution >= 4 is 23.1 Å². The Morgan fingerprint density at radius 3 is 2.59 bits per heavy atom. The van der Waals surface area contributed by atoms with Crippen molar-refractivity contribution in [3.05, 3.63) is 77.2 Å². The first-order chi connectivity index (χ1) is 14.0. The molecule has 3 N–H and O–H groups in total. The summed E-state index contributed by atoms with van der Waals surface area (Å²) in [5.74, 6) is 0.253. The number of hydrogen-bond donors (Lipinski definition) is 3. The van der Waals surface area contributed by atoms with E-state index in [2.05, 4.69) is 51.0 Å². The van der Waals surface area contributed by atoms with Crippen LogP contribution in [0.5, 0.6) is 11.5 Å². The van der Waals surface area contributed by atoms with Crippen molar-refractivity contribution in [1.29, 1.82) is 0 Å². The molecule has 2 aromatic heterocycles. The van der Waals surface area contributed by atoms with Crippen LogP contribution in [0.4, 0.5) is 5.82 Å². The molecule has 0 saturated carbocycles. The number of hydrazone groups is 1. The lowest BCUT2D eigenvalue weighted by Crippen LogP contribution is -2.03. The minimum atomic E-state index is -0.192. The molecule has 2 aromatic carbocycles. The number of nitrogens with zero attached hydrogens (tertiary/aromatic N) is 4. The maximum Gasteiger partial charge on any atom is 0.159 e. The molecule has 146 valence electrons. The van der Waals surface area contributed by atoms with Crippen LogP contribution in [-0.2, 0) is 6.54 Å². The smallest absolute Gasteiger partial charge is 0.159 e. The van der Waals surface area contributed by atoms with E-state index in [0.29, 0.717) is 11.4 Å². The maximum atomic E-state index is 9.59. The monoisotopic (exact) mass is 387 g/mol. The van der Waals surface area contributed by atoms with Gasteiger partial charge in [0.15, 0.2) is 17.3 Å². The molecule has 29 heavy (non-hydrogen) atoms. The van der Waals surface area contributed by atoms with Crippen LogP contribution in [0.2, 0.25) is 0 Å². The van der Waals surface area contributed by atoms with Crippen LogP contribution in [0.3, 0.4) is 0 Å². The summed E-state index contributed by atoms with van der Waals surface area (Å²) in [6.07, 6.45) is 3.07. The molecular formula is C22H21N5O2. The van der Waals surface area contributed by atoms with Gasteiger partial charge in [0, 0.05) is 12.2 Å². The number of phenolic OH excluding ortho intramolecular Hbond substituents is 2.